The van der Waals surface area contributed by atoms with Gasteiger partial charge in [0, 0.05) is 12.2 Å². The minimum atomic E-state index is -0.748. The summed E-state index contributed by atoms with van der Waals surface area (Å²) in [6.45, 7) is 6.37. The Kier molecular flexibility index (Phi) is 8.04. The summed E-state index contributed by atoms with van der Waals surface area (Å²) in [6, 6.07) is 7.93. The molecule has 0 bridgehead atoms. The Balaban J connectivity index is 2.56. The number of rotatable bonds is 6. The first-order chi connectivity index (χ1) is 11.0. The van der Waals surface area contributed by atoms with E-state index in [2.05, 4.69) is 22.3 Å². The van der Waals surface area contributed by atoms with Gasteiger partial charge in [0.2, 0.25) is 5.91 Å². The average Bonchev–Trinajstić information content (AvgIpc) is 2.53. The van der Waals surface area contributed by atoms with E-state index in [4.69, 9.17) is 12.2 Å². The fraction of sp³-hybridized carbons (Fsp3) is 0.438. The van der Waals surface area contributed by atoms with Gasteiger partial charge in [-0.1, -0.05) is 19.1 Å². The molecule has 0 unspecified atom stereocenters. The van der Waals surface area contributed by atoms with Gasteiger partial charge >= 0.3 is 6.09 Å². The van der Waals surface area contributed by atoms with Crippen molar-refractivity contribution in [1.29, 1.82) is 0 Å². The summed E-state index contributed by atoms with van der Waals surface area (Å²) >= 11 is 5.32. The molecule has 1 rings (SSSR count). The maximum atomic E-state index is 11.8. The fourth-order valence-corrected chi connectivity index (χ4v) is 2.16. The number of nitrogens with zero attached hydrogens (tertiary/aromatic N) is 1. The number of alkyl carbamates (subject to hydrolysis) is 1. The Hall–Kier alpha value is -2.15. The van der Waals surface area contributed by atoms with E-state index < -0.39 is 12.0 Å². The molecule has 0 spiro atoms. The molecule has 2 N–H and O–H groups in total. The number of carbonyl (C=O) groups excluding carboxylic acids is 2. The molecule has 0 aliphatic heterocycles. The average molecular weight is 337 g/mol. The smallest absolute Gasteiger partial charge is 0.413 e. The maximum Gasteiger partial charge on any atom is 0.413 e. The number of amides is 2. The Morgan fingerprint density at radius 2 is 1.83 bits per heavy atom. The van der Waals surface area contributed by atoms with Crippen LogP contribution in [0, 0.1) is 0 Å². The number of aryl methyl sites for hydroxylation is 1. The molecule has 0 heterocycles. The first kappa shape index (κ1) is 18.9. The standard InChI is InChI=1S/C16H23N3O3S/c1-4-12-7-9-13(10-8-12)17-15(23)19(5-2)11-14(20)18-16(21)22-6-3/h7-10H,4-6,11H2,1-3H3,(H,17,23)(H,18,20,21). The number of carbonyl (C=O) groups is 2. The third-order valence-corrected chi connectivity index (χ3v) is 3.49. The van der Waals surface area contributed by atoms with Crippen molar-refractivity contribution in [3.05, 3.63) is 29.8 Å². The van der Waals surface area contributed by atoms with Crippen LogP contribution in [-0.2, 0) is 16.0 Å². The van der Waals surface area contributed by atoms with Crippen molar-refractivity contribution < 1.29 is 14.3 Å². The summed E-state index contributed by atoms with van der Waals surface area (Å²) in [6.07, 6.45) is 0.224. The number of ether oxygens (including phenoxy) is 1. The zero-order valence-electron chi connectivity index (χ0n) is 13.7. The minimum absolute atomic E-state index is 0.0197. The van der Waals surface area contributed by atoms with Crippen LogP contribution in [0.15, 0.2) is 24.3 Å². The highest BCUT2D eigenvalue weighted by Crippen LogP contribution is 2.11. The zero-order valence-corrected chi connectivity index (χ0v) is 14.5. The van der Waals surface area contributed by atoms with Crippen LogP contribution < -0.4 is 10.6 Å². The summed E-state index contributed by atoms with van der Waals surface area (Å²) in [5.74, 6) is -0.462. The van der Waals surface area contributed by atoms with E-state index in [0.29, 0.717) is 11.7 Å². The second-order valence-electron chi connectivity index (χ2n) is 4.76. The van der Waals surface area contributed by atoms with Crippen LogP contribution in [0.1, 0.15) is 26.3 Å². The first-order valence-electron chi connectivity index (χ1n) is 7.61. The molecule has 7 heteroatoms. The lowest BCUT2D eigenvalue weighted by molar-refractivity contribution is -0.120. The summed E-state index contributed by atoms with van der Waals surface area (Å²) in [7, 11) is 0. The van der Waals surface area contributed by atoms with Crippen molar-refractivity contribution in [1.82, 2.24) is 10.2 Å². The van der Waals surface area contributed by atoms with Crippen molar-refractivity contribution in [2.45, 2.75) is 27.2 Å². The molecule has 0 radical (unpaired) electrons. The molecule has 0 aliphatic carbocycles. The van der Waals surface area contributed by atoms with Gasteiger partial charge in [0.05, 0.1) is 13.2 Å². The van der Waals surface area contributed by atoms with Gasteiger partial charge in [0.15, 0.2) is 5.11 Å². The number of imide groups is 1. The summed E-state index contributed by atoms with van der Waals surface area (Å²) < 4.78 is 4.67. The highest BCUT2D eigenvalue weighted by atomic mass is 32.1. The molecule has 0 fully saturated rings. The van der Waals surface area contributed by atoms with Crippen LogP contribution in [0.2, 0.25) is 0 Å². The van der Waals surface area contributed by atoms with Gasteiger partial charge < -0.3 is 15.0 Å². The molecule has 6 nitrogen and oxygen atoms in total. The van der Waals surface area contributed by atoms with Crippen molar-refractivity contribution >= 4 is 35.0 Å². The monoisotopic (exact) mass is 337 g/mol. The van der Waals surface area contributed by atoms with Crippen LogP contribution in [0.4, 0.5) is 10.5 Å². The molecule has 0 saturated carbocycles. The molecule has 23 heavy (non-hydrogen) atoms. The third kappa shape index (κ3) is 6.65. The highest BCUT2D eigenvalue weighted by Gasteiger charge is 2.15. The quantitative estimate of drug-likeness (QED) is 0.778. The number of likely N-dealkylation sites (N-methyl/N-ethyl adjacent to an activating group) is 1. The molecule has 1 aromatic rings. The van der Waals surface area contributed by atoms with E-state index in [1.165, 1.54) is 5.56 Å². The van der Waals surface area contributed by atoms with Gasteiger partial charge in [-0.25, -0.2) is 4.79 Å². The van der Waals surface area contributed by atoms with Crippen LogP contribution >= 0.6 is 12.2 Å². The van der Waals surface area contributed by atoms with E-state index in [-0.39, 0.29) is 13.2 Å². The predicted octanol–water partition coefficient (Wildman–Crippen LogP) is 2.54. The Labute approximate surface area is 142 Å². The largest absolute Gasteiger partial charge is 0.450 e. The summed E-state index contributed by atoms with van der Waals surface area (Å²) in [4.78, 5) is 24.7. The molecule has 2 amide bonds. The van der Waals surface area contributed by atoms with Gasteiger partial charge in [-0.2, -0.15) is 0 Å². The second-order valence-corrected chi connectivity index (χ2v) is 5.15. The van der Waals surface area contributed by atoms with Crippen LogP contribution in [0.3, 0.4) is 0 Å². The van der Waals surface area contributed by atoms with E-state index >= 15 is 0 Å². The lowest BCUT2D eigenvalue weighted by Gasteiger charge is -2.23. The third-order valence-electron chi connectivity index (χ3n) is 3.13. The predicted molar refractivity (Wildman–Crippen MR) is 94.5 cm³/mol. The lowest BCUT2D eigenvalue weighted by Crippen LogP contribution is -2.44. The molecule has 0 atom stereocenters. The van der Waals surface area contributed by atoms with Gasteiger partial charge in [0.1, 0.15) is 0 Å². The van der Waals surface area contributed by atoms with E-state index in [1.807, 2.05) is 31.2 Å². The minimum Gasteiger partial charge on any atom is -0.450 e. The lowest BCUT2D eigenvalue weighted by atomic mass is 10.1. The second kappa shape index (κ2) is 9.78. The van der Waals surface area contributed by atoms with Crippen molar-refractivity contribution in [3.8, 4) is 0 Å². The number of hydrogen-bond donors (Lipinski definition) is 2. The maximum absolute atomic E-state index is 11.8. The number of anilines is 1. The molecular formula is C16H23N3O3S. The van der Waals surface area contributed by atoms with Gasteiger partial charge in [-0.3, -0.25) is 10.1 Å². The first-order valence-corrected chi connectivity index (χ1v) is 8.02. The Morgan fingerprint density at radius 3 is 2.35 bits per heavy atom. The number of benzene rings is 1. The number of nitrogens with one attached hydrogen (secondary N) is 2. The molecule has 126 valence electrons. The normalized spacial score (nSPS) is 9.87. The molecule has 0 aliphatic rings. The molecule has 1 aromatic carbocycles. The SMILES string of the molecule is CCOC(=O)NC(=O)CN(CC)C(=S)Nc1ccc(CC)cc1. The van der Waals surface area contributed by atoms with Crippen LogP contribution in [0.5, 0.6) is 0 Å². The summed E-state index contributed by atoms with van der Waals surface area (Å²) in [5.41, 5.74) is 2.10. The van der Waals surface area contributed by atoms with Crippen molar-refractivity contribution in [2.75, 3.05) is 25.0 Å². The van der Waals surface area contributed by atoms with Gasteiger partial charge in [-0.15, -0.1) is 0 Å². The Bertz CT molecular complexity index is 546. The van der Waals surface area contributed by atoms with Crippen LogP contribution in [-0.4, -0.2) is 41.7 Å². The molecule has 0 aromatic heterocycles. The van der Waals surface area contributed by atoms with E-state index in [9.17, 15) is 9.59 Å². The van der Waals surface area contributed by atoms with Crippen molar-refractivity contribution in [2.24, 2.45) is 0 Å². The number of thiocarbonyl (C=S) groups is 1. The topological polar surface area (TPSA) is 70.7 Å². The number of hydrogen-bond acceptors (Lipinski definition) is 4. The van der Waals surface area contributed by atoms with Crippen molar-refractivity contribution in [3.63, 3.8) is 0 Å². The van der Waals surface area contributed by atoms with Crippen LogP contribution in [0.25, 0.3) is 0 Å². The van der Waals surface area contributed by atoms with E-state index in [0.717, 1.165) is 12.1 Å². The molecular weight excluding hydrogens is 314 g/mol. The summed E-state index contributed by atoms with van der Waals surface area (Å²) in [5, 5.41) is 5.67. The van der Waals surface area contributed by atoms with E-state index in [1.54, 1.807) is 11.8 Å². The molecule has 0 saturated heterocycles. The Morgan fingerprint density at radius 1 is 1.17 bits per heavy atom. The zero-order chi connectivity index (χ0) is 17.2. The highest BCUT2D eigenvalue weighted by molar-refractivity contribution is 7.80. The fourth-order valence-electron chi connectivity index (χ4n) is 1.85. The van der Waals surface area contributed by atoms with Gasteiger partial charge in [-0.05, 0) is 50.2 Å². The van der Waals surface area contributed by atoms with Gasteiger partial charge in [0.25, 0.3) is 0 Å².